The van der Waals surface area contributed by atoms with Gasteiger partial charge in [-0.1, -0.05) is 0 Å². The normalized spacial score (nSPS) is 12.7. The van der Waals surface area contributed by atoms with Crippen molar-refractivity contribution < 1.29 is 0 Å². The predicted molar refractivity (Wildman–Crippen MR) is 84.8 cm³/mol. The van der Waals surface area contributed by atoms with Crippen molar-refractivity contribution in [3.8, 4) is 0 Å². The molecule has 96 valence electrons. The molecular weight excluding hydrogens is 330 g/mol. The van der Waals surface area contributed by atoms with Gasteiger partial charge in [0.05, 0.1) is 21.6 Å². The first kappa shape index (κ1) is 14.0. The van der Waals surface area contributed by atoms with E-state index in [2.05, 4.69) is 57.1 Å². The van der Waals surface area contributed by atoms with Gasteiger partial charge in [-0.2, -0.15) is 0 Å². The van der Waals surface area contributed by atoms with E-state index in [9.17, 15) is 0 Å². The molecule has 0 aromatic carbocycles. The van der Waals surface area contributed by atoms with E-state index in [0.717, 1.165) is 25.5 Å². The molecule has 2 heterocycles. The fourth-order valence-corrected chi connectivity index (χ4v) is 3.14. The first-order valence-electron chi connectivity index (χ1n) is 5.50. The third-order valence-electron chi connectivity index (χ3n) is 1.97. The molecule has 2 rings (SSSR count). The molecule has 0 atom stereocenters. The number of thiazole rings is 1. The molecule has 6 heteroatoms. The highest BCUT2D eigenvalue weighted by Gasteiger charge is 2.10. The van der Waals surface area contributed by atoms with Crippen molar-refractivity contribution in [3.63, 3.8) is 0 Å². The molecule has 0 spiro atoms. The number of aromatic nitrogens is 2. The zero-order valence-electron chi connectivity index (χ0n) is 10.7. The molecule has 0 amide bonds. The second kappa shape index (κ2) is 5.27. The van der Waals surface area contributed by atoms with Crippen molar-refractivity contribution in [1.29, 1.82) is 0 Å². The molecule has 18 heavy (non-hydrogen) atoms. The summed E-state index contributed by atoms with van der Waals surface area (Å²) < 4.78 is 6.53. The summed E-state index contributed by atoms with van der Waals surface area (Å²) in [5, 5.41) is 1.03. The Morgan fingerprint density at radius 3 is 2.78 bits per heavy atom. The van der Waals surface area contributed by atoms with Gasteiger partial charge < -0.3 is 0 Å². The van der Waals surface area contributed by atoms with E-state index in [4.69, 9.17) is 0 Å². The van der Waals surface area contributed by atoms with Gasteiger partial charge in [0, 0.05) is 9.22 Å². The summed E-state index contributed by atoms with van der Waals surface area (Å²) in [5.74, 6) is 0. The predicted octanol–water partition coefficient (Wildman–Crippen LogP) is 4.63. The van der Waals surface area contributed by atoms with Crippen LogP contribution in [0.3, 0.4) is 0 Å². The highest BCUT2D eigenvalue weighted by atomic mass is 79.9. The maximum atomic E-state index is 4.50. The Labute approximate surface area is 123 Å². The Morgan fingerprint density at radius 2 is 2.11 bits per heavy atom. The van der Waals surface area contributed by atoms with E-state index in [1.54, 1.807) is 17.6 Å². The van der Waals surface area contributed by atoms with E-state index < -0.39 is 0 Å². The maximum absolute atomic E-state index is 4.50. The average molecular weight is 344 g/mol. The SMILES string of the molecule is Cc1nc2nc(/C=N/SC(C)(C)C)c(Br)cc2s1. The Kier molecular flexibility index (Phi) is 4.08. The molecule has 0 N–H and O–H groups in total. The van der Waals surface area contributed by atoms with Crippen LogP contribution in [0.2, 0.25) is 0 Å². The molecule has 0 unspecified atom stereocenters. The quantitative estimate of drug-likeness (QED) is 0.589. The van der Waals surface area contributed by atoms with Crippen molar-refractivity contribution >= 4 is 55.8 Å². The molecule has 0 saturated heterocycles. The number of halogens is 1. The lowest BCUT2D eigenvalue weighted by Crippen LogP contribution is -2.05. The van der Waals surface area contributed by atoms with Crippen LogP contribution in [0.1, 0.15) is 31.5 Å². The summed E-state index contributed by atoms with van der Waals surface area (Å²) in [6, 6.07) is 2.05. The van der Waals surface area contributed by atoms with Crippen LogP contribution in [-0.2, 0) is 0 Å². The number of fused-ring (bicyclic) bond motifs is 1. The van der Waals surface area contributed by atoms with E-state index in [0.29, 0.717) is 0 Å². The minimum Gasteiger partial charge on any atom is -0.225 e. The fraction of sp³-hybridized carbons (Fsp3) is 0.417. The van der Waals surface area contributed by atoms with Crippen molar-refractivity contribution in [2.75, 3.05) is 0 Å². The number of aryl methyl sites for hydroxylation is 1. The lowest BCUT2D eigenvalue weighted by Gasteiger charge is -2.12. The van der Waals surface area contributed by atoms with Gasteiger partial charge in [-0.25, -0.2) is 14.4 Å². The third kappa shape index (κ3) is 3.52. The molecule has 0 saturated carbocycles. The summed E-state index contributed by atoms with van der Waals surface area (Å²) in [7, 11) is 0. The lowest BCUT2D eigenvalue weighted by atomic mass is 10.3. The standard InChI is InChI=1S/C12H14BrN3S2/c1-7-15-11-10(17-7)5-8(13)9(16-11)6-14-18-12(2,3)4/h5-6H,1-4H3/b14-6+. The second-order valence-electron chi connectivity index (χ2n) is 4.85. The smallest absolute Gasteiger partial charge is 0.171 e. The van der Waals surface area contributed by atoms with Crippen molar-refractivity contribution in [3.05, 3.63) is 21.2 Å². The van der Waals surface area contributed by atoms with Crippen molar-refractivity contribution in [2.24, 2.45) is 4.40 Å². The first-order valence-corrected chi connectivity index (χ1v) is 7.89. The molecule has 2 aromatic rings. The van der Waals surface area contributed by atoms with Crippen LogP contribution in [0.4, 0.5) is 0 Å². The fourth-order valence-electron chi connectivity index (χ4n) is 1.29. The van der Waals surface area contributed by atoms with E-state index in [-0.39, 0.29) is 4.75 Å². The first-order chi connectivity index (χ1) is 8.35. The molecule has 0 aliphatic rings. The number of pyridine rings is 1. The minimum atomic E-state index is 0.115. The van der Waals surface area contributed by atoms with Gasteiger partial charge >= 0.3 is 0 Å². The van der Waals surface area contributed by atoms with Gasteiger partial charge in [0.2, 0.25) is 0 Å². The Hall–Kier alpha value is -0.460. The molecule has 2 aromatic heterocycles. The molecule has 0 bridgehead atoms. The van der Waals surface area contributed by atoms with Gasteiger partial charge in [0.1, 0.15) is 0 Å². The van der Waals surface area contributed by atoms with Crippen LogP contribution >= 0.6 is 39.2 Å². The number of rotatable bonds is 2. The highest BCUT2D eigenvalue weighted by molar-refractivity contribution is 9.10. The number of hydrogen-bond donors (Lipinski definition) is 0. The second-order valence-corrected chi connectivity index (χ2v) is 8.56. The highest BCUT2D eigenvalue weighted by Crippen LogP contribution is 2.27. The van der Waals surface area contributed by atoms with E-state index in [1.165, 1.54) is 11.9 Å². The molecular formula is C12H14BrN3S2. The summed E-state index contributed by atoms with van der Waals surface area (Å²) in [6.07, 6.45) is 1.79. The maximum Gasteiger partial charge on any atom is 0.171 e. The zero-order valence-corrected chi connectivity index (χ0v) is 13.9. The Balaban J connectivity index is 2.30. The van der Waals surface area contributed by atoms with Crippen LogP contribution in [0.15, 0.2) is 14.9 Å². The van der Waals surface area contributed by atoms with Gasteiger partial charge in [-0.3, -0.25) is 0 Å². The van der Waals surface area contributed by atoms with E-state index in [1.807, 2.05) is 6.92 Å². The molecule has 3 nitrogen and oxygen atoms in total. The third-order valence-corrected chi connectivity index (χ3v) is 4.27. The topological polar surface area (TPSA) is 38.1 Å². The summed E-state index contributed by atoms with van der Waals surface area (Å²) in [4.78, 5) is 8.89. The molecule has 0 radical (unpaired) electrons. The largest absolute Gasteiger partial charge is 0.225 e. The van der Waals surface area contributed by atoms with Crippen LogP contribution in [0.5, 0.6) is 0 Å². The van der Waals surface area contributed by atoms with E-state index >= 15 is 0 Å². The van der Waals surface area contributed by atoms with Gasteiger partial charge in [-0.15, -0.1) is 11.3 Å². The Morgan fingerprint density at radius 1 is 1.39 bits per heavy atom. The number of hydrogen-bond acceptors (Lipinski definition) is 5. The monoisotopic (exact) mass is 343 g/mol. The molecule has 0 fully saturated rings. The zero-order chi connectivity index (χ0) is 13.3. The molecule has 0 aliphatic carbocycles. The average Bonchev–Trinajstić information content (AvgIpc) is 2.55. The summed E-state index contributed by atoms with van der Waals surface area (Å²) in [6.45, 7) is 8.38. The summed E-state index contributed by atoms with van der Waals surface area (Å²) in [5.41, 5.74) is 1.62. The van der Waals surface area contributed by atoms with Gasteiger partial charge in [0.15, 0.2) is 5.65 Å². The van der Waals surface area contributed by atoms with Gasteiger partial charge in [-0.05, 0) is 61.6 Å². The Bertz CT molecular complexity index is 599. The minimum absolute atomic E-state index is 0.115. The van der Waals surface area contributed by atoms with Crippen LogP contribution in [0, 0.1) is 6.92 Å². The van der Waals surface area contributed by atoms with Crippen molar-refractivity contribution in [1.82, 2.24) is 9.97 Å². The van der Waals surface area contributed by atoms with Gasteiger partial charge in [0.25, 0.3) is 0 Å². The summed E-state index contributed by atoms with van der Waals surface area (Å²) >= 11 is 6.71. The lowest BCUT2D eigenvalue weighted by molar-refractivity contribution is 0.804. The van der Waals surface area contributed by atoms with Crippen LogP contribution in [0.25, 0.3) is 10.3 Å². The van der Waals surface area contributed by atoms with Crippen LogP contribution in [-0.4, -0.2) is 20.9 Å². The number of nitrogens with zero attached hydrogens (tertiary/aromatic N) is 3. The molecule has 0 aliphatic heterocycles. The van der Waals surface area contributed by atoms with Crippen LogP contribution < -0.4 is 0 Å². The van der Waals surface area contributed by atoms with Crippen molar-refractivity contribution in [2.45, 2.75) is 32.4 Å².